The molecule has 2 N–H and O–H groups in total. The van der Waals surface area contributed by atoms with Crippen LogP contribution in [0.4, 0.5) is 5.82 Å². The van der Waals surface area contributed by atoms with E-state index in [-0.39, 0.29) is 5.41 Å². The molecular formula is C16H21N3O. The Morgan fingerprint density at radius 1 is 1.15 bits per heavy atom. The van der Waals surface area contributed by atoms with Crippen LogP contribution in [0.15, 0.2) is 30.3 Å². The maximum absolute atomic E-state index is 5.71. The molecule has 0 spiro atoms. The van der Waals surface area contributed by atoms with Crippen molar-refractivity contribution in [2.24, 2.45) is 0 Å². The van der Waals surface area contributed by atoms with Crippen LogP contribution >= 0.6 is 0 Å². The van der Waals surface area contributed by atoms with Gasteiger partial charge in [0.1, 0.15) is 17.4 Å². The van der Waals surface area contributed by atoms with Crippen LogP contribution in [-0.4, -0.2) is 9.97 Å². The largest absolute Gasteiger partial charge is 0.439 e. The highest BCUT2D eigenvalue weighted by Gasteiger charge is 2.17. The van der Waals surface area contributed by atoms with Gasteiger partial charge >= 0.3 is 0 Å². The van der Waals surface area contributed by atoms with E-state index < -0.39 is 0 Å². The molecule has 0 unspecified atom stereocenters. The molecule has 0 aliphatic heterocycles. The fraction of sp³-hybridized carbons (Fsp3) is 0.375. The quantitative estimate of drug-likeness (QED) is 0.917. The minimum Gasteiger partial charge on any atom is -0.439 e. The Balaban J connectivity index is 2.19. The fourth-order valence-electron chi connectivity index (χ4n) is 1.91. The lowest BCUT2D eigenvalue weighted by atomic mass is 9.82. The van der Waals surface area contributed by atoms with Crippen molar-refractivity contribution in [2.45, 2.75) is 39.5 Å². The minimum atomic E-state index is 0.175. The predicted octanol–water partition coefficient (Wildman–Crippen LogP) is 3.85. The number of hydrogen-bond donors (Lipinski definition) is 1. The highest BCUT2D eigenvalue weighted by molar-refractivity contribution is 5.37. The zero-order valence-electron chi connectivity index (χ0n) is 12.5. The molecule has 0 radical (unpaired) electrons. The third-order valence-electron chi connectivity index (χ3n) is 3.58. The van der Waals surface area contributed by atoms with Gasteiger partial charge in [0.2, 0.25) is 5.88 Å². The van der Waals surface area contributed by atoms with Gasteiger partial charge in [-0.1, -0.05) is 32.9 Å². The monoisotopic (exact) mass is 271 g/mol. The zero-order valence-corrected chi connectivity index (χ0v) is 12.5. The number of nitrogens with two attached hydrogens (primary N) is 1. The van der Waals surface area contributed by atoms with Gasteiger partial charge in [0.15, 0.2) is 0 Å². The van der Waals surface area contributed by atoms with E-state index in [1.165, 1.54) is 5.56 Å². The second kappa shape index (κ2) is 5.49. The Labute approximate surface area is 120 Å². The van der Waals surface area contributed by atoms with E-state index in [1.54, 1.807) is 13.0 Å². The van der Waals surface area contributed by atoms with Crippen LogP contribution in [0.5, 0.6) is 11.6 Å². The number of nitrogen functional groups attached to an aromatic ring is 1. The normalized spacial score (nSPS) is 11.4. The van der Waals surface area contributed by atoms with Crippen LogP contribution in [0.1, 0.15) is 38.6 Å². The summed E-state index contributed by atoms with van der Waals surface area (Å²) in [5, 5.41) is 0. The van der Waals surface area contributed by atoms with Gasteiger partial charge in [0.05, 0.1) is 0 Å². The molecular weight excluding hydrogens is 250 g/mol. The lowest BCUT2D eigenvalue weighted by Crippen LogP contribution is -2.14. The average molecular weight is 271 g/mol. The highest BCUT2D eigenvalue weighted by atomic mass is 16.5. The predicted molar refractivity (Wildman–Crippen MR) is 81.0 cm³/mol. The lowest BCUT2D eigenvalue weighted by Gasteiger charge is -2.23. The fourth-order valence-corrected chi connectivity index (χ4v) is 1.91. The summed E-state index contributed by atoms with van der Waals surface area (Å²) in [5.41, 5.74) is 7.15. The van der Waals surface area contributed by atoms with Gasteiger partial charge in [0.25, 0.3) is 0 Å². The van der Waals surface area contributed by atoms with Crippen LogP contribution in [0, 0.1) is 6.92 Å². The van der Waals surface area contributed by atoms with Gasteiger partial charge in [-0.2, -0.15) is 4.98 Å². The molecule has 4 heteroatoms. The molecule has 1 aromatic carbocycles. The van der Waals surface area contributed by atoms with E-state index in [0.717, 1.165) is 12.2 Å². The van der Waals surface area contributed by atoms with Gasteiger partial charge in [-0.15, -0.1) is 0 Å². The van der Waals surface area contributed by atoms with Gasteiger partial charge < -0.3 is 10.5 Å². The van der Waals surface area contributed by atoms with Crippen molar-refractivity contribution in [1.29, 1.82) is 0 Å². The lowest BCUT2D eigenvalue weighted by molar-refractivity contribution is 0.458. The molecule has 0 amide bonds. The number of benzene rings is 1. The van der Waals surface area contributed by atoms with Crippen molar-refractivity contribution in [3.63, 3.8) is 0 Å². The molecule has 0 atom stereocenters. The molecule has 4 nitrogen and oxygen atoms in total. The van der Waals surface area contributed by atoms with Crippen molar-refractivity contribution >= 4 is 5.82 Å². The molecule has 2 aromatic rings. The van der Waals surface area contributed by atoms with Gasteiger partial charge in [-0.25, -0.2) is 4.98 Å². The van der Waals surface area contributed by atoms with Crippen LogP contribution in [0.2, 0.25) is 0 Å². The second-order valence-corrected chi connectivity index (χ2v) is 5.54. The summed E-state index contributed by atoms with van der Waals surface area (Å²) in [6, 6.07) is 9.73. The van der Waals surface area contributed by atoms with E-state index in [2.05, 4.69) is 42.9 Å². The molecule has 20 heavy (non-hydrogen) atoms. The van der Waals surface area contributed by atoms with Crippen molar-refractivity contribution in [3.05, 3.63) is 41.7 Å². The maximum atomic E-state index is 5.71. The number of ether oxygens (including phenoxy) is 1. The molecule has 1 heterocycles. The SMILES string of the molecule is CCC(C)(C)c1ccc(Oc2cc(N)nc(C)n2)cc1. The Morgan fingerprint density at radius 3 is 2.35 bits per heavy atom. The first-order valence-electron chi connectivity index (χ1n) is 6.80. The van der Waals surface area contributed by atoms with Crippen LogP contribution in [-0.2, 0) is 5.41 Å². The second-order valence-electron chi connectivity index (χ2n) is 5.54. The number of nitrogens with zero attached hydrogens (tertiary/aromatic N) is 2. The van der Waals surface area contributed by atoms with Gasteiger partial charge in [-0.3, -0.25) is 0 Å². The number of aryl methyl sites for hydroxylation is 1. The third-order valence-corrected chi connectivity index (χ3v) is 3.58. The molecule has 0 aliphatic carbocycles. The van der Waals surface area contributed by atoms with Crippen molar-refractivity contribution < 1.29 is 4.74 Å². The molecule has 106 valence electrons. The van der Waals surface area contributed by atoms with Crippen LogP contribution in [0.25, 0.3) is 0 Å². The molecule has 0 saturated heterocycles. The van der Waals surface area contributed by atoms with Crippen molar-refractivity contribution in [1.82, 2.24) is 9.97 Å². The molecule has 0 aliphatic rings. The summed E-state index contributed by atoms with van der Waals surface area (Å²) in [6.07, 6.45) is 1.09. The van der Waals surface area contributed by atoms with E-state index in [9.17, 15) is 0 Å². The Morgan fingerprint density at radius 2 is 1.80 bits per heavy atom. The van der Waals surface area contributed by atoms with Crippen molar-refractivity contribution in [2.75, 3.05) is 5.73 Å². The van der Waals surface area contributed by atoms with E-state index in [1.807, 2.05) is 12.1 Å². The standard InChI is InChI=1S/C16H21N3O/c1-5-16(3,4)12-6-8-13(9-7-12)20-15-10-14(17)18-11(2)19-15/h6-10H,5H2,1-4H3,(H2,17,18,19). The van der Waals surface area contributed by atoms with E-state index >= 15 is 0 Å². The van der Waals surface area contributed by atoms with Gasteiger partial charge in [0, 0.05) is 6.07 Å². The summed E-state index contributed by atoms with van der Waals surface area (Å²) in [5.74, 6) is 2.23. The summed E-state index contributed by atoms with van der Waals surface area (Å²) in [4.78, 5) is 8.22. The minimum absolute atomic E-state index is 0.175. The molecule has 2 rings (SSSR count). The number of rotatable bonds is 4. The summed E-state index contributed by atoms with van der Waals surface area (Å²) < 4.78 is 5.71. The first kappa shape index (κ1) is 14.3. The highest BCUT2D eigenvalue weighted by Crippen LogP contribution is 2.29. The molecule has 0 bridgehead atoms. The summed E-state index contributed by atoms with van der Waals surface area (Å²) in [7, 11) is 0. The average Bonchev–Trinajstić information content (AvgIpc) is 2.38. The van der Waals surface area contributed by atoms with E-state index in [0.29, 0.717) is 17.5 Å². The topological polar surface area (TPSA) is 61.0 Å². The first-order chi connectivity index (χ1) is 9.40. The molecule has 0 saturated carbocycles. The number of hydrogen-bond acceptors (Lipinski definition) is 4. The Kier molecular flexibility index (Phi) is 3.93. The molecule has 0 fully saturated rings. The first-order valence-corrected chi connectivity index (χ1v) is 6.80. The summed E-state index contributed by atoms with van der Waals surface area (Å²) in [6.45, 7) is 8.45. The van der Waals surface area contributed by atoms with Crippen LogP contribution in [0.3, 0.4) is 0 Å². The third kappa shape index (κ3) is 3.26. The van der Waals surface area contributed by atoms with Crippen molar-refractivity contribution in [3.8, 4) is 11.6 Å². The van der Waals surface area contributed by atoms with E-state index in [4.69, 9.17) is 10.5 Å². The maximum Gasteiger partial charge on any atom is 0.224 e. The Hall–Kier alpha value is -2.10. The van der Waals surface area contributed by atoms with Crippen LogP contribution < -0.4 is 10.5 Å². The number of aromatic nitrogens is 2. The zero-order chi connectivity index (χ0) is 14.8. The van der Waals surface area contributed by atoms with Gasteiger partial charge in [-0.05, 0) is 36.5 Å². The Bertz CT molecular complexity index is 571. The molecule has 1 aromatic heterocycles. The number of anilines is 1. The summed E-state index contributed by atoms with van der Waals surface area (Å²) >= 11 is 0. The smallest absolute Gasteiger partial charge is 0.224 e.